The lowest BCUT2D eigenvalue weighted by Gasteiger charge is -2.31. The number of rotatable bonds is 4. The monoisotopic (exact) mass is 379 g/mol. The summed E-state index contributed by atoms with van der Waals surface area (Å²) in [6, 6.07) is 7.67. The highest BCUT2D eigenvalue weighted by molar-refractivity contribution is 5.96. The number of carbonyl (C=O) groups excluding carboxylic acids is 2. The Morgan fingerprint density at radius 3 is 2.23 bits per heavy atom. The van der Waals surface area contributed by atoms with Crippen LogP contribution in [0, 0.1) is 5.92 Å². The third-order valence-corrected chi connectivity index (χ3v) is 5.55. The van der Waals surface area contributed by atoms with Gasteiger partial charge in [-0.15, -0.1) is 12.4 Å². The molecule has 3 rings (SSSR count). The number of amides is 2. The summed E-state index contributed by atoms with van der Waals surface area (Å²) in [5, 5.41) is 6.25. The lowest BCUT2D eigenvalue weighted by atomic mass is 9.94. The number of hydrogen-bond acceptors (Lipinski definition) is 3. The van der Waals surface area contributed by atoms with E-state index in [-0.39, 0.29) is 30.1 Å². The Hall–Kier alpha value is -1.59. The van der Waals surface area contributed by atoms with Gasteiger partial charge in [-0.1, -0.05) is 19.3 Å². The zero-order chi connectivity index (χ0) is 17.6. The van der Waals surface area contributed by atoms with Crippen molar-refractivity contribution >= 4 is 29.9 Å². The van der Waals surface area contributed by atoms with E-state index in [1.54, 1.807) is 0 Å². The van der Waals surface area contributed by atoms with E-state index in [9.17, 15) is 9.59 Å². The van der Waals surface area contributed by atoms with E-state index in [0.717, 1.165) is 44.5 Å². The molecular weight excluding hydrogens is 350 g/mol. The first-order valence-corrected chi connectivity index (χ1v) is 9.54. The molecule has 0 atom stereocenters. The summed E-state index contributed by atoms with van der Waals surface area (Å²) in [5.41, 5.74) is 1.45. The molecule has 1 aliphatic heterocycles. The van der Waals surface area contributed by atoms with Crippen LogP contribution < -0.4 is 10.6 Å². The van der Waals surface area contributed by atoms with Crippen LogP contribution in [0.5, 0.6) is 0 Å². The molecule has 1 aliphatic carbocycles. The average Bonchev–Trinajstić information content (AvgIpc) is 2.69. The van der Waals surface area contributed by atoms with E-state index in [1.165, 1.54) is 19.3 Å². The Bertz CT molecular complexity index is 594. The van der Waals surface area contributed by atoms with Crippen molar-refractivity contribution in [1.82, 2.24) is 10.2 Å². The molecule has 0 aromatic heterocycles. The van der Waals surface area contributed by atoms with Crippen molar-refractivity contribution in [3.05, 3.63) is 29.8 Å². The highest BCUT2D eigenvalue weighted by Crippen LogP contribution is 2.23. The third-order valence-electron chi connectivity index (χ3n) is 5.55. The van der Waals surface area contributed by atoms with Crippen LogP contribution in [-0.2, 0) is 4.79 Å². The van der Waals surface area contributed by atoms with E-state index < -0.39 is 0 Å². The minimum absolute atomic E-state index is 0. The summed E-state index contributed by atoms with van der Waals surface area (Å²) in [5.74, 6) is 0.239. The maximum absolute atomic E-state index is 12.7. The van der Waals surface area contributed by atoms with Crippen molar-refractivity contribution in [2.75, 3.05) is 25.5 Å². The lowest BCUT2D eigenvalue weighted by Crippen LogP contribution is -2.38. The van der Waals surface area contributed by atoms with Crippen LogP contribution in [0.25, 0.3) is 0 Å². The highest BCUT2D eigenvalue weighted by atomic mass is 35.5. The topological polar surface area (TPSA) is 61.4 Å². The van der Waals surface area contributed by atoms with Crippen molar-refractivity contribution in [1.29, 1.82) is 0 Å². The van der Waals surface area contributed by atoms with E-state index in [0.29, 0.717) is 11.6 Å². The fourth-order valence-electron chi connectivity index (χ4n) is 3.86. The Morgan fingerprint density at radius 1 is 1.00 bits per heavy atom. The van der Waals surface area contributed by atoms with Crippen LogP contribution in [-0.4, -0.2) is 42.9 Å². The van der Waals surface area contributed by atoms with E-state index in [1.807, 2.05) is 36.2 Å². The van der Waals surface area contributed by atoms with E-state index in [2.05, 4.69) is 10.6 Å². The predicted molar refractivity (Wildman–Crippen MR) is 107 cm³/mol. The molecule has 2 amide bonds. The molecule has 0 radical (unpaired) electrons. The van der Waals surface area contributed by atoms with Crippen molar-refractivity contribution in [3.8, 4) is 0 Å². The summed E-state index contributed by atoms with van der Waals surface area (Å²) in [7, 11) is 1.91. The molecule has 1 saturated heterocycles. The fourth-order valence-corrected chi connectivity index (χ4v) is 3.86. The second-order valence-corrected chi connectivity index (χ2v) is 7.30. The van der Waals surface area contributed by atoms with Crippen LogP contribution in [0.4, 0.5) is 5.69 Å². The van der Waals surface area contributed by atoms with Gasteiger partial charge in [0.15, 0.2) is 0 Å². The van der Waals surface area contributed by atoms with Crippen LogP contribution in [0.15, 0.2) is 24.3 Å². The lowest BCUT2D eigenvalue weighted by molar-refractivity contribution is -0.120. The van der Waals surface area contributed by atoms with E-state index >= 15 is 0 Å². The molecule has 2 fully saturated rings. The molecule has 2 N–H and O–H groups in total. The average molecular weight is 380 g/mol. The van der Waals surface area contributed by atoms with Gasteiger partial charge in [0.25, 0.3) is 5.91 Å². The maximum atomic E-state index is 12.7. The molecule has 0 unspecified atom stereocenters. The largest absolute Gasteiger partial charge is 0.339 e. The van der Waals surface area contributed by atoms with E-state index in [4.69, 9.17) is 0 Å². The van der Waals surface area contributed by atoms with Gasteiger partial charge >= 0.3 is 0 Å². The fraction of sp³-hybridized carbons (Fsp3) is 0.600. The van der Waals surface area contributed by atoms with Gasteiger partial charge < -0.3 is 15.5 Å². The van der Waals surface area contributed by atoms with Gasteiger partial charge in [0, 0.05) is 30.3 Å². The number of piperidine rings is 1. The molecule has 1 aromatic rings. The second kappa shape index (κ2) is 9.93. The minimum atomic E-state index is 0. The number of halogens is 1. The molecule has 0 bridgehead atoms. The molecule has 1 aromatic carbocycles. The van der Waals surface area contributed by atoms with Gasteiger partial charge in [-0.05, 0) is 63.0 Å². The molecule has 144 valence electrons. The number of carbonyl (C=O) groups is 2. The summed E-state index contributed by atoms with van der Waals surface area (Å²) >= 11 is 0. The third kappa shape index (κ3) is 5.21. The summed E-state index contributed by atoms with van der Waals surface area (Å²) in [4.78, 5) is 26.8. The number of hydrogen-bond donors (Lipinski definition) is 2. The van der Waals surface area contributed by atoms with Crippen LogP contribution >= 0.6 is 12.4 Å². The van der Waals surface area contributed by atoms with Gasteiger partial charge in [-0.3, -0.25) is 9.59 Å². The minimum Gasteiger partial charge on any atom is -0.339 e. The summed E-state index contributed by atoms with van der Waals surface area (Å²) in [6.07, 6.45) is 7.68. The molecule has 5 nitrogen and oxygen atoms in total. The highest BCUT2D eigenvalue weighted by Gasteiger charge is 2.23. The summed E-state index contributed by atoms with van der Waals surface area (Å²) < 4.78 is 0. The Balaban J connectivity index is 0.00000243. The van der Waals surface area contributed by atoms with Crippen LogP contribution in [0.1, 0.15) is 55.3 Å². The van der Waals surface area contributed by atoms with Crippen molar-refractivity contribution in [2.45, 2.75) is 51.0 Å². The zero-order valence-corrected chi connectivity index (χ0v) is 16.3. The standard InChI is InChI=1S/C20H29N3O2.ClH/c1-23(18-5-3-2-4-6-18)20(25)16-7-9-17(10-8-16)22-19(24)15-11-13-21-14-12-15;/h7-10,15,18,21H,2-6,11-14H2,1H3,(H,22,24);1H. The van der Waals surface area contributed by atoms with Gasteiger partial charge in [-0.25, -0.2) is 0 Å². The van der Waals surface area contributed by atoms with Crippen molar-refractivity contribution in [2.24, 2.45) is 5.92 Å². The molecular formula is C20H30ClN3O2. The number of nitrogens with zero attached hydrogens (tertiary/aromatic N) is 1. The quantitative estimate of drug-likeness (QED) is 0.842. The first kappa shape index (κ1) is 20.7. The number of nitrogens with one attached hydrogen (secondary N) is 2. The van der Waals surface area contributed by atoms with Crippen molar-refractivity contribution < 1.29 is 9.59 Å². The normalized spacial score (nSPS) is 18.7. The van der Waals surface area contributed by atoms with Gasteiger partial charge in [-0.2, -0.15) is 0 Å². The zero-order valence-electron chi connectivity index (χ0n) is 15.5. The molecule has 2 aliphatic rings. The van der Waals surface area contributed by atoms with Gasteiger partial charge in [0.1, 0.15) is 0 Å². The molecule has 0 spiro atoms. The predicted octanol–water partition coefficient (Wildman–Crippen LogP) is 3.45. The Labute approximate surface area is 162 Å². The Morgan fingerprint density at radius 2 is 1.62 bits per heavy atom. The number of anilines is 1. The molecule has 1 heterocycles. The molecule has 26 heavy (non-hydrogen) atoms. The first-order valence-electron chi connectivity index (χ1n) is 9.54. The smallest absolute Gasteiger partial charge is 0.253 e. The first-order chi connectivity index (χ1) is 12.1. The van der Waals surface area contributed by atoms with Crippen LogP contribution in [0.3, 0.4) is 0 Å². The van der Waals surface area contributed by atoms with Gasteiger partial charge in [0.2, 0.25) is 5.91 Å². The second-order valence-electron chi connectivity index (χ2n) is 7.30. The van der Waals surface area contributed by atoms with Crippen LogP contribution in [0.2, 0.25) is 0 Å². The number of benzene rings is 1. The van der Waals surface area contributed by atoms with Gasteiger partial charge in [0.05, 0.1) is 0 Å². The maximum Gasteiger partial charge on any atom is 0.253 e. The SMILES string of the molecule is CN(C(=O)c1ccc(NC(=O)C2CCNCC2)cc1)C1CCCCC1.Cl. The molecule has 1 saturated carbocycles. The molecule has 6 heteroatoms. The summed E-state index contributed by atoms with van der Waals surface area (Å²) in [6.45, 7) is 1.80. The van der Waals surface area contributed by atoms with Crippen molar-refractivity contribution in [3.63, 3.8) is 0 Å². The Kier molecular flexibility index (Phi) is 7.91.